The molecule has 0 unspecified atom stereocenters. The maximum absolute atomic E-state index is 11.8. The van der Waals surface area contributed by atoms with E-state index in [0.717, 1.165) is 6.08 Å². The number of ether oxygens (including phenoxy) is 2. The number of esters is 1. The molecule has 102 valence electrons. The highest BCUT2D eigenvalue weighted by atomic mass is 16.5. The van der Waals surface area contributed by atoms with Crippen LogP contribution in [0.25, 0.3) is 0 Å². The summed E-state index contributed by atoms with van der Waals surface area (Å²) in [6.45, 7) is 5.97. The summed E-state index contributed by atoms with van der Waals surface area (Å²) in [5.74, 6) is -0.0553. The Labute approximate surface area is 113 Å². The van der Waals surface area contributed by atoms with Gasteiger partial charge in [0.2, 0.25) is 0 Å². The van der Waals surface area contributed by atoms with E-state index in [4.69, 9.17) is 9.47 Å². The average Bonchev–Trinajstić information content (AvgIpc) is 2.36. The van der Waals surface area contributed by atoms with Gasteiger partial charge in [-0.25, -0.2) is 4.79 Å². The molecule has 0 radical (unpaired) electrons. The van der Waals surface area contributed by atoms with E-state index in [-0.39, 0.29) is 11.9 Å². The smallest absolute Gasteiger partial charge is 0.331 e. The largest absolute Gasteiger partial charge is 0.494 e. The van der Waals surface area contributed by atoms with Crippen LogP contribution in [-0.2, 0) is 9.53 Å². The molecule has 0 saturated carbocycles. The van der Waals surface area contributed by atoms with Crippen LogP contribution >= 0.6 is 0 Å². The Morgan fingerprint density at radius 2 is 1.79 bits per heavy atom. The van der Waals surface area contributed by atoms with Crippen molar-refractivity contribution in [2.24, 2.45) is 0 Å². The van der Waals surface area contributed by atoms with Crippen molar-refractivity contribution < 1.29 is 19.1 Å². The van der Waals surface area contributed by atoms with Crippen molar-refractivity contribution in [3.8, 4) is 5.75 Å². The Kier molecular flexibility index (Phi) is 5.79. The van der Waals surface area contributed by atoms with E-state index < -0.39 is 5.97 Å². The van der Waals surface area contributed by atoms with Crippen LogP contribution in [0.15, 0.2) is 36.4 Å². The van der Waals surface area contributed by atoms with Crippen molar-refractivity contribution in [2.45, 2.75) is 26.9 Å². The zero-order valence-electron chi connectivity index (χ0n) is 11.4. The Bertz CT molecular complexity index is 458. The first-order chi connectivity index (χ1) is 9.02. The van der Waals surface area contributed by atoms with Gasteiger partial charge in [0.05, 0.1) is 12.7 Å². The van der Waals surface area contributed by atoms with Crippen LogP contribution < -0.4 is 4.74 Å². The summed E-state index contributed by atoms with van der Waals surface area (Å²) in [6.07, 6.45) is 2.15. The van der Waals surface area contributed by atoms with E-state index in [9.17, 15) is 9.59 Å². The molecule has 0 aromatic heterocycles. The van der Waals surface area contributed by atoms with E-state index >= 15 is 0 Å². The molecule has 0 bridgehead atoms. The Morgan fingerprint density at radius 3 is 2.32 bits per heavy atom. The molecule has 0 spiro atoms. The predicted molar refractivity (Wildman–Crippen MR) is 72.3 cm³/mol. The summed E-state index contributed by atoms with van der Waals surface area (Å²) in [5, 5.41) is 0. The molecule has 1 aromatic rings. The van der Waals surface area contributed by atoms with E-state index in [1.165, 1.54) is 6.08 Å². The summed E-state index contributed by atoms with van der Waals surface area (Å²) in [6, 6.07) is 6.75. The molecule has 0 aliphatic carbocycles. The van der Waals surface area contributed by atoms with Crippen LogP contribution in [0.5, 0.6) is 5.75 Å². The monoisotopic (exact) mass is 262 g/mol. The van der Waals surface area contributed by atoms with Gasteiger partial charge in [0.25, 0.3) is 0 Å². The second-order valence-corrected chi connectivity index (χ2v) is 4.14. The summed E-state index contributed by atoms with van der Waals surface area (Å²) >= 11 is 0. The molecule has 0 saturated heterocycles. The number of hydrogen-bond acceptors (Lipinski definition) is 4. The Hall–Kier alpha value is -2.10. The van der Waals surface area contributed by atoms with Crippen LogP contribution in [0, 0.1) is 0 Å². The molecular formula is C15H18O4. The second kappa shape index (κ2) is 7.36. The standard InChI is InChI=1S/C15H18O4/c1-4-18-13-7-5-12(6-8-13)14(16)9-10-15(17)19-11(2)3/h5-11H,4H2,1-3H3/b10-9+. The molecule has 0 fully saturated rings. The summed E-state index contributed by atoms with van der Waals surface area (Å²) in [7, 11) is 0. The lowest BCUT2D eigenvalue weighted by molar-refractivity contribution is -0.141. The van der Waals surface area contributed by atoms with Crippen LogP contribution in [0.1, 0.15) is 31.1 Å². The van der Waals surface area contributed by atoms with Gasteiger partial charge in [-0.15, -0.1) is 0 Å². The van der Waals surface area contributed by atoms with Crippen molar-refractivity contribution in [1.82, 2.24) is 0 Å². The van der Waals surface area contributed by atoms with Crippen molar-refractivity contribution in [2.75, 3.05) is 6.61 Å². The van der Waals surface area contributed by atoms with Gasteiger partial charge in [-0.2, -0.15) is 0 Å². The third kappa shape index (κ3) is 5.38. The molecule has 0 amide bonds. The van der Waals surface area contributed by atoms with Gasteiger partial charge in [-0.3, -0.25) is 4.79 Å². The van der Waals surface area contributed by atoms with E-state index in [1.807, 2.05) is 6.92 Å². The van der Waals surface area contributed by atoms with Gasteiger partial charge in [0.1, 0.15) is 5.75 Å². The zero-order chi connectivity index (χ0) is 14.3. The highest BCUT2D eigenvalue weighted by Crippen LogP contribution is 2.12. The lowest BCUT2D eigenvalue weighted by Crippen LogP contribution is -2.09. The molecule has 0 heterocycles. The molecule has 0 N–H and O–H groups in total. The number of hydrogen-bond donors (Lipinski definition) is 0. The van der Waals surface area contributed by atoms with E-state index in [0.29, 0.717) is 17.9 Å². The SMILES string of the molecule is CCOc1ccc(C(=O)/C=C/C(=O)OC(C)C)cc1. The minimum Gasteiger partial charge on any atom is -0.494 e. The minimum absolute atomic E-state index is 0.197. The number of benzene rings is 1. The number of ketones is 1. The fourth-order valence-electron chi connectivity index (χ4n) is 1.39. The van der Waals surface area contributed by atoms with Gasteiger partial charge in [-0.05, 0) is 51.1 Å². The average molecular weight is 262 g/mol. The molecule has 1 aromatic carbocycles. The molecule has 4 heteroatoms. The van der Waals surface area contributed by atoms with E-state index in [1.54, 1.807) is 38.1 Å². The first kappa shape index (κ1) is 15.0. The maximum Gasteiger partial charge on any atom is 0.331 e. The number of carbonyl (C=O) groups is 2. The zero-order valence-corrected chi connectivity index (χ0v) is 11.4. The Morgan fingerprint density at radius 1 is 1.16 bits per heavy atom. The number of allylic oxidation sites excluding steroid dienone is 1. The normalized spacial score (nSPS) is 10.7. The van der Waals surface area contributed by atoms with Gasteiger partial charge < -0.3 is 9.47 Å². The topological polar surface area (TPSA) is 52.6 Å². The van der Waals surface area contributed by atoms with Crippen molar-refractivity contribution >= 4 is 11.8 Å². The third-order valence-electron chi connectivity index (χ3n) is 2.17. The fraction of sp³-hybridized carbons (Fsp3) is 0.333. The summed E-state index contributed by atoms with van der Waals surface area (Å²) in [4.78, 5) is 23.0. The molecule has 0 atom stereocenters. The van der Waals surface area contributed by atoms with Crippen LogP contribution in [0.3, 0.4) is 0 Å². The van der Waals surface area contributed by atoms with Crippen LogP contribution in [0.4, 0.5) is 0 Å². The highest BCUT2D eigenvalue weighted by molar-refractivity contribution is 6.07. The molecule has 0 aliphatic rings. The third-order valence-corrected chi connectivity index (χ3v) is 2.17. The van der Waals surface area contributed by atoms with Crippen molar-refractivity contribution in [1.29, 1.82) is 0 Å². The van der Waals surface area contributed by atoms with Crippen LogP contribution in [0.2, 0.25) is 0 Å². The molecule has 0 aliphatic heterocycles. The predicted octanol–water partition coefficient (Wildman–Crippen LogP) is 2.78. The molecule has 19 heavy (non-hydrogen) atoms. The summed E-state index contributed by atoms with van der Waals surface area (Å²) in [5.41, 5.74) is 0.497. The minimum atomic E-state index is -0.519. The molecule has 4 nitrogen and oxygen atoms in total. The second-order valence-electron chi connectivity index (χ2n) is 4.14. The summed E-state index contributed by atoms with van der Waals surface area (Å²) < 4.78 is 10.2. The first-order valence-electron chi connectivity index (χ1n) is 6.18. The molecular weight excluding hydrogens is 244 g/mol. The van der Waals surface area contributed by atoms with Crippen LogP contribution in [-0.4, -0.2) is 24.5 Å². The van der Waals surface area contributed by atoms with Crippen molar-refractivity contribution in [3.05, 3.63) is 42.0 Å². The van der Waals surface area contributed by atoms with Crippen molar-refractivity contribution in [3.63, 3.8) is 0 Å². The van der Waals surface area contributed by atoms with E-state index in [2.05, 4.69) is 0 Å². The lowest BCUT2D eigenvalue weighted by atomic mass is 10.1. The molecule has 1 rings (SSSR count). The quantitative estimate of drug-likeness (QED) is 0.449. The van der Waals surface area contributed by atoms with Gasteiger partial charge in [-0.1, -0.05) is 0 Å². The van der Waals surface area contributed by atoms with Gasteiger partial charge in [0.15, 0.2) is 5.78 Å². The van der Waals surface area contributed by atoms with Gasteiger partial charge >= 0.3 is 5.97 Å². The van der Waals surface area contributed by atoms with Gasteiger partial charge in [0, 0.05) is 11.6 Å². The Balaban J connectivity index is 2.62. The maximum atomic E-state index is 11.8. The first-order valence-corrected chi connectivity index (χ1v) is 6.18. The number of rotatable bonds is 6. The number of carbonyl (C=O) groups excluding carboxylic acids is 2. The lowest BCUT2D eigenvalue weighted by Gasteiger charge is -2.04. The fourth-order valence-corrected chi connectivity index (χ4v) is 1.39. The highest BCUT2D eigenvalue weighted by Gasteiger charge is 2.05.